The van der Waals surface area contributed by atoms with E-state index in [1.54, 1.807) is 0 Å². The Hall–Kier alpha value is -0.130. The topological polar surface area (TPSA) is 66.4 Å². The highest BCUT2D eigenvalue weighted by Crippen LogP contribution is 2.23. The minimum Gasteiger partial charge on any atom is -0.726 e. The summed E-state index contributed by atoms with van der Waals surface area (Å²) in [5.74, 6) is 2.88. The quantitative estimate of drug-likeness (QED) is 0.215. The second kappa shape index (κ2) is 14.9. The zero-order valence-electron chi connectivity index (χ0n) is 17.8. The van der Waals surface area contributed by atoms with Crippen LogP contribution in [0, 0.1) is 23.7 Å². The molecule has 0 saturated heterocycles. The fourth-order valence-electron chi connectivity index (χ4n) is 3.60. The van der Waals surface area contributed by atoms with E-state index >= 15 is 0 Å². The molecule has 0 bridgehead atoms. The molecule has 4 nitrogen and oxygen atoms in total. The molecule has 0 fully saturated rings. The Labute approximate surface area is 163 Å². The van der Waals surface area contributed by atoms with Crippen molar-refractivity contribution >= 4 is 10.4 Å². The van der Waals surface area contributed by atoms with Crippen LogP contribution >= 0.6 is 0 Å². The second-order valence-electron chi connectivity index (χ2n) is 8.69. The molecule has 0 radical (unpaired) electrons. The molecular weight excluding hydrogens is 348 g/mol. The van der Waals surface area contributed by atoms with E-state index < -0.39 is 10.4 Å². The Morgan fingerprint density at radius 3 is 1.65 bits per heavy atom. The maximum absolute atomic E-state index is 10.5. The van der Waals surface area contributed by atoms with Crippen LogP contribution in [0.25, 0.3) is 0 Å². The standard InChI is InChI=1S/C21H44O4S/c1-6-21(16-17-25-26(22,23)24)15-9-14-20(5)13-8-12-19(4)11-7-10-18(2)3/h18-21H,6-17H2,1-5H3,(H,22,23,24)/p-1. The average molecular weight is 392 g/mol. The maximum atomic E-state index is 10.5. The molecule has 158 valence electrons. The minimum absolute atomic E-state index is 0.0224. The van der Waals surface area contributed by atoms with Crippen molar-refractivity contribution in [2.75, 3.05) is 6.61 Å². The monoisotopic (exact) mass is 391 g/mol. The number of rotatable bonds is 17. The molecule has 0 saturated carbocycles. The summed E-state index contributed by atoms with van der Waals surface area (Å²) in [6.07, 6.45) is 13.2. The van der Waals surface area contributed by atoms with Gasteiger partial charge in [0.15, 0.2) is 0 Å². The molecule has 3 atom stereocenters. The molecule has 5 heteroatoms. The van der Waals surface area contributed by atoms with Crippen LogP contribution in [0.2, 0.25) is 0 Å². The van der Waals surface area contributed by atoms with Crippen LogP contribution in [0.15, 0.2) is 0 Å². The first kappa shape index (κ1) is 25.9. The number of hydrogen-bond acceptors (Lipinski definition) is 4. The molecule has 0 aliphatic rings. The number of hydrogen-bond donors (Lipinski definition) is 0. The largest absolute Gasteiger partial charge is 0.726 e. The Morgan fingerprint density at radius 2 is 1.23 bits per heavy atom. The van der Waals surface area contributed by atoms with Crippen molar-refractivity contribution in [2.45, 2.75) is 105 Å². The Balaban J connectivity index is 3.72. The van der Waals surface area contributed by atoms with E-state index in [9.17, 15) is 13.0 Å². The van der Waals surface area contributed by atoms with Crippen molar-refractivity contribution in [1.29, 1.82) is 0 Å². The molecular formula is C21H43O4S-. The molecule has 0 N–H and O–H groups in total. The molecule has 0 aliphatic heterocycles. The first-order valence-corrected chi connectivity index (χ1v) is 12.1. The van der Waals surface area contributed by atoms with Gasteiger partial charge < -0.3 is 4.55 Å². The zero-order valence-corrected chi connectivity index (χ0v) is 18.7. The van der Waals surface area contributed by atoms with Gasteiger partial charge in [0.05, 0.1) is 6.61 Å². The summed E-state index contributed by atoms with van der Waals surface area (Å²) in [5.41, 5.74) is 0. The molecule has 0 aromatic heterocycles. The lowest BCUT2D eigenvalue weighted by Gasteiger charge is -2.18. The third kappa shape index (κ3) is 17.3. The van der Waals surface area contributed by atoms with Crippen LogP contribution in [-0.4, -0.2) is 19.6 Å². The van der Waals surface area contributed by atoms with Gasteiger partial charge in [-0.15, -0.1) is 0 Å². The molecule has 3 unspecified atom stereocenters. The predicted molar refractivity (Wildman–Crippen MR) is 109 cm³/mol. The van der Waals surface area contributed by atoms with Gasteiger partial charge in [-0.3, -0.25) is 4.18 Å². The molecule has 0 spiro atoms. The lowest BCUT2D eigenvalue weighted by molar-refractivity contribution is 0.232. The zero-order chi connectivity index (χ0) is 20.0. The van der Waals surface area contributed by atoms with E-state index in [2.05, 4.69) is 38.8 Å². The van der Waals surface area contributed by atoms with E-state index in [4.69, 9.17) is 0 Å². The fourth-order valence-corrected chi connectivity index (χ4v) is 3.90. The van der Waals surface area contributed by atoms with Crippen molar-refractivity contribution in [1.82, 2.24) is 0 Å². The average Bonchev–Trinajstić information content (AvgIpc) is 2.51. The summed E-state index contributed by atoms with van der Waals surface area (Å²) in [6, 6.07) is 0. The lowest BCUT2D eigenvalue weighted by Crippen LogP contribution is -2.10. The van der Waals surface area contributed by atoms with E-state index in [-0.39, 0.29) is 6.61 Å². The summed E-state index contributed by atoms with van der Waals surface area (Å²) in [7, 11) is -4.54. The van der Waals surface area contributed by atoms with Gasteiger partial charge in [0, 0.05) is 0 Å². The normalized spacial score (nSPS) is 16.0. The van der Waals surface area contributed by atoms with Gasteiger partial charge in [0.25, 0.3) is 0 Å². The summed E-state index contributed by atoms with van der Waals surface area (Å²) < 4.78 is 35.7. The highest BCUT2D eigenvalue weighted by molar-refractivity contribution is 7.80. The van der Waals surface area contributed by atoms with Crippen molar-refractivity contribution in [2.24, 2.45) is 23.7 Å². The van der Waals surface area contributed by atoms with Gasteiger partial charge in [0.2, 0.25) is 10.4 Å². The highest BCUT2D eigenvalue weighted by atomic mass is 32.3. The van der Waals surface area contributed by atoms with Gasteiger partial charge in [-0.05, 0) is 30.1 Å². The molecule has 0 heterocycles. The van der Waals surface area contributed by atoms with Gasteiger partial charge >= 0.3 is 0 Å². The summed E-state index contributed by atoms with van der Waals surface area (Å²) in [4.78, 5) is 0. The molecule has 0 aromatic rings. The minimum atomic E-state index is -4.54. The highest BCUT2D eigenvalue weighted by Gasteiger charge is 2.10. The van der Waals surface area contributed by atoms with E-state index in [1.807, 2.05) is 0 Å². The van der Waals surface area contributed by atoms with Crippen LogP contribution in [-0.2, 0) is 14.6 Å². The van der Waals surface area contributed by atoms with Gasteiger partial charge in [-0.2, -0.15) is 0 Å². The van der Waals surface area contributed by atoms with Crippen LogP contribution in [0.5, 0.6) is 0 Å². The summed E-state index contributed by atoms with van der Waals surface area (Å²) in [6.45, 7) is 11.5. The van der Waals surface area contributed by atoms with Gasteiger partial charge in [0.1, 0.15) is 0 Å². The van der Waals surface area contributed by atoms with Gasteiger partial charge in [-0.1, -0.05) is 98.8 Å². The Morgan fingerprint density at radius 1 is 0.769 bits per heavy atom. The van der Waals surface area contributed by atoms with Crippen molar-refractivity contribution in [3.8, 4) is 0 Å². The molecule has 0 aromatic carbocycles. The van der Waals surface area contributed by atoms with Crippen LogP contribution < -0.4 is 0 Å². The van der Waals surface area contributed by atoms with Gasteiger partial charge in [-0.25, -0.2) is 8.42 Å². The van der Waals surface area contributed by atoms with Crippen LogP contribution in [0.1, 0.15) is 105 Å². The third-order valence-corrected chi connectivity index (χ3v) is 5.97. The van der Waals surface area contributed by atoms with E-state index in [0.29, 0.717) is 12.3 Å². The first-order chi connectivity index (χ1) is 12.1. The molecule has 26 heavy (non-hydrogen) atoms. The Bertz CT molecular complexity index is 420. The maximum Gasteiger partial charge on any atom is 0.217 e. The predicted octanol–water partition coefficient (Wildman–Crippen LogP) is 6.32. The first-order valence-electron chi connectivity index (χ1n) is 10.7. The smallest absolute Gasteiger partial charge is 0.217 e. The van der Waals surface area contributed by atoms with Crippen molar-refractivity contribution < 1.29 is 17.2 Å². The SMILES string of the molecule is CCC(CCCC(C)CCCC(C)CCCC(C)C)CCOS(=O)(=O)[O-]. The van der Waals surface area contributed by atoms with Crippen molar-refractivity contribution in [3.63, 3.8) is 0 Å². The molecule has 0 amide bonds. The Kier molecular flexibility index (Phi) is 14.8. The summed E-state index contributed by atoms with van der Waals surface area (Å²) in [5, 5.41) is 0. The molecule has 0 aliphatic carbocycles. The van der Waals surface area contributed by atoms with Crippen LogP contribution in [0.3, 0.4) is 0 Å². The lowest BCUT2D eigenvalue weighted by atomic mass is 9.90. The van der Waals surface area contributed by atoms with E-state index in [0.717, 1.165) is 30.6 Å². The summed E-state index contributed by atoms with van der Waals surface area (Å²) >= 11 is 0. The van der Waals surface area contributed by atoms with Crippen LogP contribution in [0.4, 0.5) is 0 Å². The molecule has 0 rings (SSSR count). The van der Waals surface area contributed by atoms with Crippen molar-refractivity contribution in [3.05, 3.63) is 0 Å². The van der Waals surface area contributed by atoms with E-state index in [1.165, 1.54) is 51.4 Å². The fraction of sp³-hybridized carbons (Fsp3) is 1.00. The second-order valence-corrected chi connectivity index (χ2v) is 9.74. The third-order valence-electron chi connectivity index (χ3n) is 5.51.